The van der Waals surface area contributed by atoms with Crippen LogP contribution in [0.25, 0.3) is 10.9 Å². The maximum absolute atomic E-state index is 9.95. The zero-order valence-corrected chi connectivity index (χ0v) is 13.0. The number of nitrogens with one attached hydrogen (secondary N) is 1. The van der Waals surface area contributed by atoms with Crippen molar-refractivity contribution in [2.75, 3.05) is 12.4 Å². The molecule has 4 N–H and O–H groups in total. The predicted octanol–water partition coefficient (Wildman–Crippen LogP) is 0.636. The molecule has 7 nitrogen and oxygen atoms in total. The molecule has 0 amide bonds. The van der Waals surface area contributed by atoms with Crippen LogP contribution in [0.3, 0.4) is 0 Å². The monoisotopic (exact) mass is 325 g/mol. The fourth-order valence-electron chi connectivity index (χ4n) is 2.37. The lowest BCUT2D eigenvalue weighted by Gasteiger charge is -2.10. The highest BCUT2D eigenvalue weighted by molar-refractivity contribution is 6.58. The van der Waals surface area contributed by atoms with Crippen molar-refractivity contribution in [1.82, 2.24) is 9.97 Å². The molecule has 1 heterocycles. The maximum Gasteiger partial charge on any atom is 0.488 e. The summed E-state index contributed by atoms with van der Waals surface area (Å²) in [5, 5.41) is 32.0. The maximum atomic E-state index is 9.95. The van der Waals surface area contributed by atoms with Gasteiger partial charge in [0.2, 0.25) is 0 Å². The number of ether oxygens (including phenoxy) is 1. The molecule has 0 saturated heterocycles. The van der Waals surface area contributed by atoms with Gasteiger partial charge in [0, 0.05) is 18.0 Å². The van der Waals surface area contributed by atoms with E-state index in [1.54, 1.807) is 36.4 Å². The normalized spacial score (nSPS) is 10.6. The SMILES string of the molecule is COc1cc2ncnc(NCc3ccc(B(O)O)cc3)c2cc1O. The molecule has 0 atom stereocenters. The lowest BCUT2D eigenvalue weighted by atomic mass is 9.80. The Hall–Kier alpha value is -2.84. The van der Waals surface area contributed by atoms with E-state index >= 15 is 0 Å². The highest BCUT2D eigenvalue weighted by atomic mass is 16.5. The third kappa shape index (κ3) is 3.24. The number of phenolic OH excluding ortho intramolecular Hbond substituents is 1. The summed E-state index contributed by atoms with van der Waals surface area (Å²) in [6.07, 6.45) is 1.44. The Morgan fingerprint density at radius 3 is 2.54 bits per heavy atom. The zero-order chi connectivity index (χ0) is 17.1. The van der Waals surface area contributed by atoms with Crippen LogP contribution >= 0.6 is 0 Å². The van der Waals surface area contributed by atoms with Gasteiger partial charge in [0.25, 0.3) is 0 Å². The smallest absolute Gasteiger partial charge is 0.488 e. The fraction of sp³-hybridized carbons (Fsp3) is 0.125. The molecule has 0 aliphatic rings. The summed E-state index contributed by atoms with van der Waals surface area (Å²) in [6.45, 7) is 0.487. The summed E-state index contributed by atoms with van der Waals surface area (Å²) in [5.41, 5.74) is 2.04. The summed E-state index contributed by atoms with van der Waals surface area (Å²) in [6, 6.07) is 10.1. The third-order valence-corrected chi connectivity index (χ3v) is 3.67. The Labute approximate surface area is 138 Å². The number of methoxy groups -OCH3 is 1. The number of hydrogen-bond acceptors (Lipinski definition) is 7. The van der Waals surface area contributed by atoms with Crippen LogP contribution in [-0.4, -0.2) is 39.4 Å². The van der Waals surface area contributed by atoms with E-state index in [-0.39, 0.29) is 5.75 Å². The molecule has 0 aliphatic heterocycles. The van der Waals surface area contributed by atoms with Crippen molar-refractivity contribution in [2.45, 2.75) is 6.54 Å². The standard InChI is InChI=1S/C16H16BN3O4/c1-24-15-7-13-12(6-14(15)21)16(20-9-19-13)18-8-10-2-4-11(5-3-10)17(22)23/h2-7,9,21-23H,8H2,1H3,(H,18,19,20). The molecule has 0 bridgehead atoms. The summed E-state index contributed by atoms with van der Waals surface area (Å²) < 4.78 is 5.08. The van der Waals surface area contributed by atoms with Gasteiger partial charge >= 0.3 is 7.12 Å². The number of hydrogen-bond donors (Lipinski definition) is 4. The van der Waals surface area contributed by atoms with Crippen LogP contribution in [0.1, 0.15) is 5.56 Å². The Balaban J connectivity index is 1.83. The molecule has 3 rings (SSSR count). The van der Waals surface area contributed by atoms with Gasteiger partial charge in [-0.05, 0) is 17.1 Å². The van der Waals surface area contributed by atoms with E-state index in [9.17, 15) is 5.11 Å². The molecule has 0 aliphatic carbocycles. The molecule has 8 heteroatoms. The number of fused-ring (bicyclic) bond motifs is 1. The van der Waals surface area contributed by atoms with Gasteiger partial charge in [-0.15, -0.1) is 0 Å². The van der Waals surface area contributed by atoms with Crippen LogP contribution in [0, 0.1) is 0 Å². The van der Waals surface area contributed by atoms with Crippen LogP contribution in [-0.2, 0) is 6.54 Å². The molecule has 0 unspecified atom stereocenters. The zero-order valence-electron chi connectivity index (χ0n) is 13.0. The minimum absolute atomic E-state index is 0.0177. The van der Waals surface area contributed by atoms with E-state index in [4.69, 9.17) is 14.8 Å². The summed E-state index contributed by atoms with van der Waals surface area (Å²) >= 11 is 0. The second-order valence-corrected chi connectivity index (χ2v) is 5.23. The topological polar surface area (TPSA) is 108 Å². The van der Waals surface area contributed by atoms with Gasteiger partial charge in [-0.1, -0.05) is 24.3 Å². The van der Waals surface area contributed by atoms with E-state index in [1.807, 2.05) is 0 Å². The van der Waals surface area contributed by atoms with Gasteiger partial charge in [-0.25, -0.2) is 9.97 Å². The number of nitrogens with zero attached hydrogens (tertiary/aromatic N) is 2. The van der Waals surface area contributed by atoms with Crippen molar-refractivity contribution in [2.24, 2.45) is 0 Å². The fourth-order valence-corrected chi connectivity index (χ4v) is 2.37. The van der Waals surface area contributed by atoms with Crippen molar-refractivity contribution < 1.29 is 19.9 Å². The van der Waals surface area contributed by atoms with E-state index < -0.39 is 7.12 Å². The molecule has 0 spiro atoms. The third-order valence-electron chi connectivity index (χ3n) is 3.67. The van der Waals surface area contributed by atoms with E-state index in [1.165, 1.54) is 13.4 Å². The number of benzene rings is 2. The number of aromatic hydroxyl groups is 1. The molecule has 1 aromatic heterocycles. The van der Waals surface area contributed by atoms with Gasteiger partial charge in [0.05, 0.1) is 12.6 Å². The molecule has 2 aromatic carbocycles. The van der Waals surface area contributed by atoms with E-state index in [0.29, 0.717) is 34.5 Å². The molecule has 24 heavy (non-hydrogen) atoms. The van der Waals surface area contributed by atoms with Crippen molar-refractivity contribution in [3.8, 4) is 11.5 Å². The second kappa shape index (κ2) is 6.73. The Morgan fingerprint density at radius 1 is 1.12 bits per heavy atom. The highest BCUT2D eigenvalue weighted by Gasteiger charge is 2.11. The first-order valence-electron chi connectivity index (χ1n) is 7.29. The lowest BCUT2D eigenvalue weighted by molar-refractivity contribution is 0.374. The van der Waals surface area contributed by atoms with Crippen LogP contribution in [0.15, 0.2) is 42.7 Å². The van der Waals surface area contributed by atoms with Crippen molar-refractivity contribution in [1.29, 1.82) is 0 Å². The average Bonchev–Trinajstić information content (AvgIpc) is 2.59. The predicted molar refractivity (Wildman–Crippen MR) is 91.3 cm³/mol. The van der Waals surface area contributed by atoms with Crippen LogP contribution in [0.5, 0.6) is 11.5 Å². The molecule has 122 valence electrons. The van der Waals surface area contributed by atoms with Gasteiger partial charge in [-0.3, -0.25) is 0 Å². The lowest BCUT2D eigenvalue weighted by Crippen LogP contribution is -2.29. The quantitative estimate of drug-likeness (QED) is 0.510. The van der Waals surface area contributed by atoms with Crippen molar-refractivity contribution in [3.63, 3.8) is 0 Å². The number of phenols is 1. The van der Waals surface area contributed by atoms with Crippen molar-refractivity contribution >= 4 is 29.3 Å². The largest absolute Gasteiger partial charge is 0.504 e. The minimum Gasteiger partial charge on any atom is -0.504 e. The Morgan fingerprint density at radius 2 is 1.88 bits per heavy atom. The van der Waals surface area contributed by atoms with E-state index in [2.05, 4.69) is 15.3 Å². The number of anilines is 1. The molecular weight excluding hydrogens is 309 g/mol. The highest BCUT2D eigenvalue weighted by Crippen LogP contribution is 2.32. The summed E-state index contributed by atoms with van der Waals surface area (Å²) in [5.74, 6) is 0.957. The summed E-state index contributed by atoms with van der Waals surface area (Å²) in [4.78, 5) is 8.39. The van der Waals surface area contributed by atoms with Crippen molar-refractivity contribution in [3.05, 3.63) is 48.3 Å². The minimum atomic E-state index is -1.48. The molecule has 3 aromatic rings. The first kappa shape index (κ1) is 16.0. The van der Waals surface area contributed by atoms with Gasteiger partial charge in [0.15, 0.2) is 11.5 Å². The Bertz CT molecular complexity index is 856. The molecule has 0 fully saturated rings. The first-order valence-corrected chi connectivity index (χ1v) is 7.29. The van der Waals surface area contributed by atoms with E-state index in [0.717, 1.165) is 5.56 Å². The van der Waals surface area contributed by atoms with Crippen LogP contribution in [0.4, 0.5) is 5.82 Å². The number of rotatable bonds is 5. The molecule has 0 radical (unpaired) electrons. The molecular formula is C16H16BN3O4. The van der Waals surface area contributed by atoms with Gasteiger partial charge < -0.3 is 25.2 Å². The average molecular weight is 325 g/mol. The Kier molecular flexibility index (Phi) is 4.50. The first-order chi connectivity index (χ1) is 11.6. The van der Waals surface area contributed by atoms with Gasteiger partial charge in [-0.2, -0.15) is 0 Å². The molecule has 0 saturated carbocycles. The van der Waals surface area contributed by atoms with Gasteiger partial charge in [0.1, 0.15) is 12.1 Å². The van der Waals surface area contributed by atoms with Crippen LogP contribution in [0.2, 0.25) is 0 Å². The summed E-state index contributed by atoms with van der Waals surface area (Å²) in [7, 11) is 0.00424. The second-order valence-electron chi connectivity index (χ2n) is 5.23. The van der Waals surface area contributed by atoms with Crippen LogP contribution < -0.4 is 15.5 Å². The number of aromatic nitrogens is 2.